The first-order chi connectivity index (χ1) is 14.0. The van der Waals surface area contributed by atoms with Gasteiger partial charge in [-0.2, -0.15) is 5.10 Å². The third-order valence-corrected chi connectivity index (χ3v) is 8.40. The fourth-order valence-electron chi connectivity index (χ4n) is 4.34. The van der Waals surface area contributed by atoms with E-state index < -0.39 is 15.3 Å². The van der Waals surface area contributed by atoms with Crippen LogP contribution >= 0.6 is 0 Å². The molecule has 2 fully saturated rings. The maximum Gasteiger partial charge on any atom is 0.271 e. The number of amides is 1. The highest BCUT2D eigenvalue weighted by Crippen LogP contribution is 2.34. The molecule has 2 aromatic rings. The van der Waals surface area contributed by atoms with Gasteiger partial charge >= 0.3 is 0 Å². The van der Waals surface area contributed by atoms with Crippen LogP contribution in [0.25, 0.3) is 0 Å². The second kappa shape index (κ2) is 8.16. The van der Waals surface area contributed by atoms with Crippen molar-refractivity contribution >= 4 is 15.9 Å². The molecule has 0 spiro atoms. The molecule has 2 aliphatic rings. The molecule has 4 rings (SSSR count). The Hall–Kier alpha value is -2.39. The van der Waals surface area contributed by atoms with E-state index in [1.54, 1.807) is 28.6 Å². The van der Waals surface area contributed by atoms with Gasteiger partial charge in [0, 0.05) is 32.4 Å². The number of ether oxygens (including phenoxy) is 1. The van der Waals surface area contributed by atoms with Gasteiger partial charge in [-0.25, -0.2) is 12.7 Å². The van der Waals surface area contributed by atoms with Crippen molar-refractivity contribution in [2.75, 3.05) is 33.3 Å². The summed E-state index contributed by atoms with van der Waals surface area (Å²) >= 11 is 0. The Kier molecular flexibility index (Phi) is 5.60. The lowest BCUT2D eigenvalue weighted by Gasteiger charge is -2.21. The number of rotatable bonds is 5. The smallest absolute Gasteiger partial charge is 0.271 e. The lowest BCUT2D eigenvalue weighted by atomic mass is 10.0. The largest absolute Gasteiger partial charge is 0.497 e. The number of aromatic amines is 1. The van der Waals surface area contributed by atoms with Crippen LogP contribution in [0.3, 0.4) is 0 Å². The molecule has 0 bridgehead atoms. The van der Waals surface area contributed by atoms with Crippen molar-refractivity contribution in [1.29, 1.82) is 0 Å². The van der Waals surface area contributed by atoms with Crippen LogP contribution in [-0.2, 0) is 16.4 Å². The van der Waals surface area contributed by atoms with Crippen molar-refractivity contribution in [3.8, 4) is 5.75 Å². The number of H-pyrrole nitrogens is 1. The molecule has 9 heteroatoms. The Morgan fingerprint density at radius 3 is 2.86 bits per heavy atom. The van der Waals surface area contributed by atoms with Crippen LogP contribution in [0.5, 0.6) is 5.75 Å². The fourth-order valence-corrected chi connectivity index (χ4v) is 6.58. The van der Waals surface area contributed by atoms with E-state index >= 15 is 0 Å². The molecule has 0 saturated carbocycles. The number of sulfonamides is 1. The molecule has 2 atom stereocenters. The maximum absolute atomic E-state index is 13.1. The quantitative estimate of drug-likeness (QED) is 0.794. The fraction of sp³-hybridized carbons (Fsp3) is 0.500. The zero-order valence-corrected chi connectivity index (χ0v) is 17.3. The van der Waals surface area contributed by atoms with Crippen LogP contribution in [0.4, 0.5) is 0 Å². The van der Waals surface area contributed by atoms with E-state index in [9.17, 15) is 13.2 Å². The number of carbonyl (C=O) groups is 1. The number of benzene rings is 1. The van der Waals surface area contributed by atoms with E-state index in [1.807, 2.05) is 24.3 Å². The van der Waals surface area contributed by atoms with Crippen molar-refractivity contribution < 1.29 is 17.9 Å². The molecule has 1 amide bonds. The molecule has 2 saturated heterocycles. The van der Waals surface area contributed by atoms with Crippen molar-refractivity contribution in [1.82, 2.24) is 19.4 Å². The first-order valence-electron chi connectivity index (χ1n) is 9.89. The molecular weight excluding hydrogens is 392 g/mol. The zero-order valence-electron chi connectivity index (χ0n) is 16.5. The third kappa shape index (κ3) is 4.02. The average Bonchev–Trinajstić information content (AvgIpc) is 3.27. The standard InChI is InChI=1S/C20H26N4O4S/c1-28-17-4-2-3-15(13-17)6-12-24-14-16-7-10-23(11-8-19(16)29(24,26)27)20(25)18-5-9-21-22-18/h2-5,9,13,16,19H,6-8,10-12,14H2,1H3,(H,21,22)/t16-,19-/m1/s1. The van der Waals surface area contributed by atoms with Gasteiger partial charge in [-0.1, -0.05) is 12.1 Å². The second-order valence-electron chi connectivity index (χ2n) is 7.64. The number of carbonyl (C=O) groups excluding carboxylic acids is 1. The molecule has 0 aliphatic carbocycles. The van der Waals surface area contributed by atoms with E-state index in [4.69, 9.17) is 4.74 Å². The molecule has 0 unspecified atom stereocenters. The highest BCUT2D eigenvalue weighted by atomic mass is 32.2. The van der Waals surface area contributed by atoms with Crippen molar-refractivity contribution in [3.63, 3.8) is 0 Å². The number of hydrogen-bond acceptors (Lipinski definition) is 5. The summed E-state index contributed by atoms with van der Waals surface area (Å²) < 4.78 is 33.1. The van der Waals surface area contributed by atoms with E-state index in [0.29, 0.717) is 51.1 Å². The Balaban J connectivity index is 1.40. The molecule has 1 aromatic carbocycles. The van der Waals surface area contributed by atoms with E-state index in [-0.39, 0.29) is 11.8 Å². The predicted molar refractivity (Wildman–Crippen MR) is 108 cm³/mol. The van der Waals surface area contributed by atoms with E-state index in [1.165, 1.54) is 0 Å². The first kappa shape index (κ1) is 19.9. The van der Waals surface area contributed by atoms with Crippen molar-refractivity contribution in [2.45, 2.75) is 24.5 Å². The van der Waals surface area contributed by atoms with Gasteiger partial charge < -0.3 is 9.64 Å². The van der Waals surface area contributed by atoms with Gasteiger partial charge in [-0.05, 0) is 48.9 Å². The van der Waals surface area contributed by atoms with Gasteiger partial charge in [0.2, 0.25) is 10.0 Å². The summed E-state index contributed by atoms with van der Waals surface area (Å²) in [4.78, 5) is 14.3. The third-order valence-electron chi connectivity index (χ3n) is 5.96. The lowest BCUT2D eigenvalue weighted by molar-refractivity contribution is 0.0753. The van der Waals surface area contributed by atoms with Gasteiger partial charge in [0.25, 0.3) is 5.91 Å². The number of likely N-dealkylation sites (tertiary alicyclic amines) is 1. The number of fused-ring (bicyclic) bond motifs is 1. The van der Waals surface area contributed by atoms with Crippen LogP contribution in [0.15, 0.2) is 36.5 Å². The number of nitrogens with zero attached hydrogens (tertiary/aromatic N) is 3. The Morgan fingerprint density at radius 2 is 2.10 bits per heavy atom. The highest BCUT2D eigenvalue weighted by Gasteiger charge is 2.47. The van der Waals surface area contributed by atoms with Gasteiger partial charge in [0.05, 0.1) is 12.4 Å². The summed E-state index contributed by atoms with van der Waals surface area (Å²) in [7, 11) is -1.73. The highest BCUT2D eigenvalue weighted by molar-refractivity contribution is 7.90. The van der Waals surface area contributed by atoms with Gasteiger partial charge in [-0.15, -0.1) is 0 Å². The molecule has 1 aromatic heterocycles. The molecule has 1 N–H and O–H groups in total. The minimum Gasteiger partial charge on any atom is -0.497 e. The first-order valence-corrected chi connectivity index (χ1v) is 11.4. The predicted octanol–water partition coefficient (Wildman–Crippen LogP) is 1.53. The van der Waals surface area contributed by atoms with Crippen molar-refractivity contribution in [2.24, 2.45) is 5.92 Å². The monoisotopic (exact) mass is 418 g/mol. The van der Waals surface area contributed by atoms with Gasteiger partial charge in [0.15, 0.2) is 0 Å². The molecule has 8 nitrogen and oxygen atoms in total. The summed E-state index contributed by atoms with van der Waals surface area (Å²) in [6.07, 6.45) is 3.37. The second-order valence-corrected chi connectivity index (χ2v) is 9.79. The average molecular weight is 419 g/mol. The normalized spacial score (nSPS) is 24.1. The maximum atomic E-state index is 13.1. The molecule has 2 aliphatic heterocycles. The minimum absolute atomic E-state index is 0.0601. The van der Waals surface area contributed by atoms with Crippen LogP contribution in [0, 0.1) is 5.92 Å². The van der Waals surface area contributed by atoms with Gasteiger partial charge in [-0.3, -0.25) is 9.89 Å². The summed E-state index contributed by atoms with van der Waals surface area (Å²) in [6.45, 7) is 2.02. The lowest BCUT2D eigenvalue weighted by Crippen LogP contribution is -2.35. The summed E-state index contributed by atoms with van der Waals surface area (Å²) in [5.74, 6) is 0.721. The summed E-state index contributed by atoms with van der Waals surface area (Å²) in [5.41, 5.74) is 1.50. The summed E-state index contributed by atoms with van der Waals surface area (Å²) in [5, 5.41) is 6.11. The molecule has 156 valence electrons. The molecule has 3 heterocycles. The van der Waals surface area contributed by atoms with Crippen molar-refractivity contribution in [3.05, 3.63) is 47.8 Å². The molecular formula is C20H26N4O4S. The molecule has 29 heavy (non-hydrogen) atoms. The number of aromatic nitrogens is 2. The van der Waals surface area contributed by atoms with Crippen LogP contribution in [0.2, 0.25) is 0 Å². The Morgan fingerprint density at radius 1 is 1.28 bits per heavy atom. The van der Waals surface area contributed by atoms with Crippen LogP contribution < -0.4 is 4.74 Å². The van der Waals surface area contributed by atoms with Crippen LogP contribution in [-0.4, -0.2) is 72.3 Å². The Bertz CT molecular complexity index is 961. The SMILES string of the molecule is COc1cccc(CCN2C[C@H]3CCN(C(=O)c4ccn[nH]4)CC[C@H]3S2(=O)=O)c1. The minimum atomic E-state index is -3.36. The number of nitrogens with one attached hydrogen (secondary N) is 1. The Labute approximate surface area is 170 Å². The molecule has 0 radical (unpaired) electrons. The van der Waals surface area contributed by atoms with Crippen LogP contribution in [0.1, 0.15) is 28.9 Å². The summed E-state index contributed by atoms with van der Waals surface area (Å²) in [6, 6.07) is 9.37. The van der Waals surface area contributed by atoms with E-state index in [2.05, 4.69) is 10.2 Å². The number of hydrogen-bond donors (Lipinski definition) is 1. The van der Waals surface area contributed by atoms with E-state index in [0.717, 1.165) is 11.3 Å². The van der Waals surface area contributed by atoms with Gasteiger partial charge in [0.1, 0.15) is 11.4 Å². The number of methoxy groups -OCH3 is 1. The topological polar surface area (TPSA) is 95.6 Å². The zero-order chi connectivity index (χ0) is 20.4.